The minimum atomic E-state index is 0.00688. The maximum Gasteiger partial charge on any atom is 0.255 e. The van der Waals surface area contributed by atoms with Gasteiger partial charge in [0.15, 0.2) is 12.0 Å². The van der Waals surface area contributed by atoms with E-state index in [9.17, 15) is 9.59 Å². The molecule has 1 aliphatic rings. The van der Waals surface area contributed by atoms with Crippen LogP contribution in [0.15, 0.2) is 34.9 Å². The van der Waals surface area contributed by atoms with Crippen molar-refractivity contribution in [2.75, 3.05) is 13.1 Å². The number of benzene rings is 1. The fourth-order valence-electron chi connectivity index (χ4n) is 4.06. The first-order valence-electron chi connectivity index (χ1n) is 10.3. The van der Waals surface area contributed by atoms with Crippen LogP contribution in [0.2, 0.25) is 0 Å². The third kappa shape index (κ3) is 3.79. The van der Waals surface area contributed by atoms with E-state index in [1.54, 1.807) is 31.3 Å². The van der Waals surface area contributed by atoms with Crippen LogP contribution in [0, 0.1) is 25.2 Å². The fraction of sp³-hybridized carbons (Fsp3) is 0.292. The zero-order chi connectivity index (χ0) is 22.1. The van der Waals surface area contributed by atoms with Gasteiger partial charge in [0.2, 0.25) is 0 Å². The molecule has 0 aliphatic carbocycles. The molecule has 1 saturated heterocycles. The number of amides is 1. The van der Waals surface area contributed by atoms with Crippen LogP contribution in [0.1, 0.15) is 51.1 Å². The van der Waals surface area contributed by atoms with Crippen LogP contribution in [0.25, 0.3) is 16.7 Å². The standard InChI is InChI=1S/C24H25N3O4/c1-14-7-9-27(12-14)24(29)19-11-26-23(15(19)2)21(6-8-25)31-17-4-5-18-20(13-28)16(3)30-22(18)10-17/h4-6,8,10-11,13-14,25-26H,7,9,12H2,1-3H3/b21-6+,25-8?. The van der Waals surface area contributed by atoms with Crippen LogP contribution in [0.5, 0.6) is 5.75 Å². The molecule has 2 aromatic heterocycles. The molecule has 3 heterocycles. The Hall–Kier alpha value is -3.61. The normalized spacial score (nSPS) is 16.7. The molecule has 1 aliphatic heterocycles. The Morgan fingerprint density at radius 1 is 1.35 bits per heavy atom. The number of ether oxygens (including phenoxy) is 1. The molecule has 2 N–H and O–H groups in total. The predicted octanol–water partition coefficient (Wildman–Crippen LogP) is 4.74. The number of aromatic amines is 1. The second-order valence-corrected chi connectivity index (χ2v) is 7.99. The van der Waals surface area contributed by atoms with E-state index in [2.05, 4.69) is 11.9 Å². The summed E-state index contributed by atoms with van der Waals surface area (Å²) in [5.41, 5.74) is 3.10. The number of carbonyl (C=O) groups is 2. The van der Waals surface area contributed by atoms with Crippen LogP contribution >= 0.6 is 0 Å². The first-order chi connectivity index (χ1) is 14.9. The topological polar surface area (TPSA) is 99.4 Å². The van der Waals surface area contributed by atoms with Gasteiger partial charge in [-0.2, -0.15) is 0 Å². The fourth-order valence-corrected chi connectivity index (χ4v) is 4.06. The quantitative estimate of drug-likeness (QED) is 0.342. The maximum absolute atomic E-state index is 12.9. The summed E-state index contributed by atoms with van der Waals surface area (Å²) in [5.74, 6) is 1.99. The average molecular weight is 419 g/mol. The number of nitrogens with zero attached hydrogens (tertiary/aromatic N) is 1. The first kappa shape index (κ1) is 20.7. The summed E-state index contributed by atoms with van der Waals surface area (Å²) in [7, 11) is 0. The van der Waals surface area contributed by atoms with Gasteiger partial charge in [-0.1, -0.05) is 6.92 Å². The molecule has 0 spiro atoms. The lowest BCUT2D eigenvalue weighted by atomic mass is 10.1. The lowest BCUT2D eigenvalue weighted by Crippen LogP contribution is -2.28. The second-order valence-electron chi connectivity index (χ2n) is 7.99. The Bertz CT molecular complexity index is 1200. The van der Waals surface area contributed by atoms with Gasteiger partial charge >= 0.3 is 0 Å². The van der Waals surface area contributed by atoms with Crippen LogP contribution in [0.3, 0.4) is 0 Å². The van der Waals surface area contributed by atoms with Gasteiger partial charge < -0.3 is 24.4 Å². The Labute approximate surface area is 180 Å². The number of aryl methyl sites for hydroxylation is 1. The molecular weight excluding hydrogens is 394 g/mol. The van der Waals surface area contributed by atoms with E-state index in [0.29, 0.717) is 45.6 Å². The Kier molecular flexibility index (Phi) is 5.50. The van der Waals surface area contributed by atoms with E-state index >= 15 is 0 Å². The first-order valence-corrected chi connectivity index (χ1v) is 10.3. The average Bonchev–Trinajstić information content (AvgIpc) is 3.43. The van der Waals surface area contributed by atoms with Crippen molar-refractivity contribution in [1.29, 1.82) is 5.41 Å². The Balaban J connectivity index is 1.63. The summed E-state index contributed by atoms with van der Waals surface area (Å²) in [4.78, 5) is 29.2. The van der Waals surface area contributed by atoms with E-state index in [-0.39, 0.29) is 5.91 Å². The lowest BCUT2D eigenvalue weighted by Gasteiger charge is -2.16. The van der Waals surface area contributed by atoms with E-state index in [0.717, 1.165) is 43.0 Å². The highest BCUT2D eigenvalue weighted by molar-refractivity contribution is 5.98. The molecule has 160 valence electrons. The molecule has 7 nitrogen and oxygen atoms in total. The zero-order valence-corrected chi connectivity index (χ0v) is 17.8. The highest BCUT2D eigenvalue weighted by Crippen LogP contribution is 2.31. The number of rotatable bonds is 6. The van der Waals surface area contributed by atoms with Crippen molar-refractivity contribution in [2.24, 2.45) is 5.92 Å². The number of aromatic nitrogens is 1. The second kappa shape index (κ2) is 8.26. The van der Waals surface area contributed by atoms with Gasteiger partial charge in [0.1, 0.15) is 17.1 Å². The zero-order valence-electron chi connectivity index (χ0n) is 17.8. The lowest BCUT2D eigenvalue weighted by molar-refractivity contribution is 0.0787. The molecule has 1 atom stereocenters. The van der Waals surface area contributed by atoms with Gasteiger partial charge in [0.05, 0.1) is 16.8 Å². The summed E-state index contributed by atoms with van der Waals surface area (Å²) in [6, 6.07) is 5.24. The van der Waals surface area contributed by atoms with Gasteiger partial charge in [-0.15, -0.1) is 0 Å². The Morgan fingerprint density at radius 3 is 2.84 bits per heavy atom. The molecule has 7 heteroatoms. The van der Waals surface area contributed by atoms with Crippen molar-refractivity contribution in [3.8, 4) is 5.75 Å². The third-order valence-electron chi connectivity index (χ3n) is 5.79. The number of aldehydes is 1. The van der Waals surface area contributed by atoms with Crippen molar-refractivity contribution < 1.29 is 18.7 Å². The molecule has 1 fully saturated rings. The predicted molar refractivity (Wildman–Crippen MR) is 119 cm³/mol. The van der Waals surface area contributed by atoms with Gasteiger partial charge in [-0.3, -0.25) is 9.59 Å². The molecule has 0 bridgehead atoms. The number of hydrogen-bond acceptors (Lipinski definition) is 5. The van der Waals surface area contributed by atoms with Gasteiger partial charge in [0.25, 0.3) is 5.91 Å². The van der Waals surface area contributed by atoms with Crippen LogP contribution < -0.4 is 4.74 Å². The molecule has 0 radical (unpaired) electrons. The monoisotopic (exact) mass is 419 g/mol. The maximum atomic E-state index is 12.9. The molecule has 1 unspecified atom stereocenters. The summed E-state index contributed by atoms with van der Waals surface area (Å²) < 4.78 is 11.7. The number of fused-ring (bicyclic) bond motifs is 1. The summed E-state index contributed by atoms with van der Waals surface area (Å²) in [6.45, 7) is 7.30. The molecule has 4 rings (SSSR count). The SMILES string of the molecule is Cc1oc2cc(O/C(=C/C=N)c3[nH]cc(C(=O)N4CCC(C)C4)c3C)ccc2c1C=O. The number of allylic oxidation sites excluding steroid dienone is 1. The van der Waals surface area contributed by atoms with Crippen molar-refractivity contribution in [3.05, 3.63) is 58.6 Å². The number of nitrogens with one attached hydrogen (secondary N) is 2. The summed E-state index contributed by atoms with van der Waals surface area (Å²) in [5, 5.41) is 8.25. The number of hydrogen-bond donors (Lipinski definition) is 2. The third-order valence-corrected chi connectivity index (χ3v) is 5.79. The number of likely N-dealkylation sites (tertiary alicyclic amines) is 1. The van der Waals surface area contributed by atoms with E-state index in [4.69, 9.17) is 14.6 Å². The molecule has 3 aromatic rings. The molecule has 1 amide bonds. The summed E-state index contributed by atoms with van der Waals surface area (Å²) >= 11 is 0. The van der Waals surface area contributed by atoms with E-state index < -0.39 is 0 Å². The smallest absolute Gasteiger partial charge is 0.255 e. The van der Waals surface area contributed by atoms with Gasteiger partial charge in [0, 0.05) is 43.0 Å². The number of carbonyl (C=O) groups excluding carboxylic acids is 2. The number of H-pyrrole nitrogens is 1. The van der Waals surface area contributed by atoms with Gasteiger partial charge in [-0.25, -0.2) is 0 Å². The van der Waals surface area contributed by atoms with Crippen molar-refractivity contribution >= 4 is 35.1 Å². The van der Waals surface area contributed by atoms with Crippen molar-refractivity contribution in [1.82, 2.24) is 9.88 Å². The van der Waals surface area contributed by atoms with Crippen molar-refractivity contribution in [3.63, 3.8) is 0 Å². The molecule has 0 saturated carbocycles. The highest BCUT2D eigenvalue weighted by Gasteiger charge is 2.27. The molecular formula is C24H25N3O4. The Morgan fingerprint density at radius 2 is 2.16 bits per heavy atom. The molecule has 1 aromatic carbocycles. The molecule has 31 heavy (non-hydrogen) atoms. The van der Waals surface area contributed by atoms with Crippen LogP contribution in [-0.4, -0.2) is 41.4 Å². The summed E-state index contributed by atoms with van der Waals surface area (Å²) in [6.07, 6.45) is 6.17. The van der Waals surface area contributed by atoms with E-state index in [1.165, 1.54) is 6.08 Å². The highest BCUT2D eigenvalue weighted by atomic mass is 16.5. The largest absolute Gasteiger partial charge is 0.460 e. The number of furan rings is 1. The van der Waals surface area contributed by atoms with E-state index in [1.807, 2.05) is 11.8 Å². The van der Waals surface area contributed by atoms with Crippen molar-refractivity contribution in [2.45, 2.75) is 27.2 Å². The van der Waals surface area contributed by atoms with Crippen LogP contribution in [0.4, 0.5) is 0 Å². The minimum absolute atomic E-state index is 0.00688. The van der Waals surface area contributed by atoms with Crippen LogP contribution in [-0.2, 0) is 0 Å². The minimum Gasteiger partial charge on any atom is -0.460 e. The van der Waals surface area contributed by atoms with Gasteiger partial charge in [-0.05, 0) is 43.9 Å².